The Morgan fingerprint density at radius 2 is 2.04 bits per heavy atom. The number of likely N-dealkylation sites (tertiary alicyclic amines) is 1. The number of aliphatic carboxylic acids is 1. The van der Waals surface area contributed by atoms with Gasteiger partial charge in [-0.25, -0.2) is 0 Å². The van der Waals surface area contributed by atoms with Crippen molar-refractivity contribution < 1.29 is 19.5 Å². The van der Waals surface area contributed by atoms with Gasteiger partial charge in [-0.05, 0) is 44.1 Å². The molecule has 0 radical (unpaired) electrons. The first-order valence-electron chi connectivity index (χ1n) is 9.93. The highest BCUT2D eigenvalue weighted by Gasteiger charge is 2.25. The Kier molecular flexibility index (Phi) is 8.29. The Hall–Kier alpha value is -2.57. The summed E-state index contributed by atoms with van der Waals surface area (Å²) < 4.78 is 0. The summed E-state index contributed by atoms with van der Waals surface area (Å²) in [6.45, 7) is 8.61. The van der Waals surface area contributed by atoms with Gasteiger partial charge in [0.1, 0.15) is 6.42 Å². The average Bonchev–Trinajstić information content (AvgIpc) is 2.67. The highest BCUT2D eigenvalue weighted by Crippen LogP contribution is 2.26. The van der Waals surface area contributed by atoms with E-state index in [0.29, 0.717) is 19.0 Å². The molecule has 0 spiro atoms. The van der Waals surface area contributed by atoms with Gasteiger partial charge in [-0.1, -0.05) is 24.3 Å². The maximum atomic E-state index is 12.2. The van der Waals surface area contributed by atoms with E-state index in [9.17, 15) is 14.4 Å². The lowest BCUT2D eigenvalue weighted by molar-refractivity contribution is -0.137. The maximum Gasteiger partial charge on any atom is 0.305 e. The highest BCUT2D eigenvalue weighted by molar-refractivity contribution is 5.97. The number of hydrogen-bond acceptors (Lipinski definition) is 4. The fraction of sp³-hybridized carbons (Fsp3) is 0.571. The molecule has 3 N–H and O–H groups in total. The molecule has 2 aliphatic heterocycles. The molecule has 0 bridgehead atoms. The van der Waals surface area contributed by atoms with E-state index in [1.807, 2.05) is 0 Å². The number of nitrogens with one attached hydrogen (secondary N) is 2. The summed E-state index contributed by atoms with van der Waals surface area (Å²) in [5.74, 6) is -1.26. The molecule has 2 aliphatic rings. The molecule has 0 aromatic rings. The Balaban J connectivity index is 1.74. The number of carboxylic acids is 1. The number of allylic oxidation sites excluding steroid dienone is 5. The van der Waals surface area contributed by atoms with Crippen LogP contribution < -0.4 is 10.6 Å². The van der Waals surface area contributed by atoms with Crippen molar-refractivity contribution in [3.63, 3.8) is 0 Å². The van der Waals surface area contributed by atoms with E-state index in [0.717, 1.165) is 37.8 Å². The number of amides is 2. The zero-order chi connectivity index (χ0) is 20.5. The zero-order valence-corrected chi connectivity index (χ0v) is 16.6. The van der Waals surface area contributed by atoms with Crippen molar-refractivity contribution in [2.45, 2.75) is 45.4 Å². The summed E-state index contributed by atoms with van der Waals surface area (Å²) in [6.07, 6.45) is 7.79. The molecular formula is C21H31N3O4. The summed E-state index contributed by atoms with van der Waals surface area (Å²) in [6, 6.07) is 0. The van der Waals surface area contributed by atoms with Gasteiger partial charge in [0.05, 0.1) is 6.42 Å². The van der Waals surface area contributed by atoms with Crippen LogP contribution in [0.15, 0.2) is 35.6 Å². The molecule has 7 heteroatoms. The van der Waals surface area contributed by atoms with Gasteiger partial charge in [0.2, 0.25) is 11.8 Å². The third-order valence-corrected chi connectivity index (χ3v) is 5.34. The van der Waals surface area contributed by atoms with Crippen molar-refractivity contribution in [2.75, 3.05) is 26.2 Å². The van der Waals surface area contributed by atoms with Crippen molar-refractivity contribution in [1.82, 2.24) is 15.5 Å². The molecular weight excluding hydrogens is 358 g/mol. The fourth-order valence-corrected chi connectivity index (χ4v) is 3.53. The van der Waals surface area contributed by atoms with Gasteiger partial charge in [-0.15, -0.1) is 0 Å². The topological polar surface area (TPSA) is 98.7 Å². The maximum absolute atomic E-state index is 12.2. The third kappa shape index (κ3) is 6.87. The number of piperidine rings is 1. The summed E-state index contributed by atoms with van der Waals surface area (Å²) >= 11 is 0. The lowest BCUT2D eigenvalue weighted by Gasteiger charge is -2.32. The van der Waals surface area contributed by atoms with Crippen LogP contribution in [0, 0.1) is 5.92 Å². The molecule has 154 valence electrons. The van der Waals surface area contributed by atoms with E-state index >= 15 is 0 Å². The minimum absolute atomic E-state index is 0.0428. The normalized spacial score (nSPS) is 18.1. The molecule has 0 aliphatic carbocycles. The van der Waals surface area contributed by atoms with Gasteiger partial charge in [0.25, 0.3) is 0 Å². The molecule has 0 atom stereocenters. The molecule has 2 amide bonds. The first kappa shape index (κ1) is 21.7. The van der Waals surface area contributed by atoms with Gasteiger partial charge in [-0.3, -0.25) is 14.4 Å². The fourth-order valence-electron chi connectivity index (χ4n) is 3.53. The van der Waals surface area contributed by atoms with Gasteiger partial charge >= 0.3 is 5.97 Å². The zero-order valence-electron chi connectivity index (χ0n) is 16.6. The van der Waals surface area contributed by atoms with Crippen LogP contribution in [0.5, 0.6) is 0 Å². The quantitative estimate of drug-likeness (QED) is 0.435. The van der Waals surface area contributed by atoms with Crippen LogP contribution in [0.3, 0.4) is 0 Å². The summed E-state index contributed by atoms with van der Waals surface area (Å²) in [7, 11) is 0. The van der Waals surface area contributed by atoms with Gasteiger partial charge in [0.15, 0.2) is 0 Å². The second kappa shape index (κ2) is 10.7. The number of carbonyl (C=O) groups excluding carboxylic acids is 2. The summed E-state index contributed by atoms with van der Waals surface area (Å²) in [4.78, 5) is 36.1. The minimum Gasteiger partial charge on any atom is -0.481 e. The monoisotopic (exact) mass is 389 g/mol. The van der Waals surface area contributed by atoms with Crippen LogP contribution in [0.4, 0.5) is 0 Å². The number of hydrogen-bond donors (Lipinski definition) is 3. The highest BCUT2D eigenvalue weighted by atomic mass is 16.4. The van der Waals surface area contributed by atoms with E-state index in [2.05, 4.69) is 36.3 Å². The molecule has 0 aromatic heterocycles. The van der Waals surface area contributed by atoms with Gasteiger partial charge in [-0.2, -0.15) is 0 Å². The Morgan fingerprint density at radius 1 is 1.32 bits per heavy atom. The van der Waals surface area contributed by atoms with E-state index in [-0.39, 0.29) is 25.3 Å². The van der Waals surface area contributed by atoms with Crippen LogP contribution >= 0.6 is 0 Å². The standard InChI is InChI=1S/C21H31N3O4/c1-15(5-6-18-4-3-10-22-16(18)2)17-8-12-24(13-9-17)20(26)14-19(25)23-11-7-21(27)28/h5-6,17,22H,1,3-4,7-14H2,2H3,(H,23,25)(H,27,28)/b6-5-. The molecule has 0 saturated carbocycles. The first-order chi connectivity index (χ1) is 13.4. The van der Waals surface area contributed by atoms with Crippen LogP contribution in [0.2, 0.25) is 0 Å². The van der Waals surface area contributed by atoms with Crippen molar-refractivity contribution in [3.8, 4) is 0 Å². The minimum atomic E-state index is -0.978. The smallest absolute Gasteiger partial charge is 0.305 e. The number of carbonyl (C=O) groups is 3. The largest absolute Gasteiger partial charge is 0.481 e. The summed E-state index contributed by atoms with van der Waals surface area (Å²) in [5, 5.41) is 14.4. The van der Waals surface area contributed by atoms with Crippen LogP contribution in [0.25, 0.3) is 0 Å². The molecule has 1 fully saturated rings. The second-order valence-electron chi connectivity index (χ2n) is 7.41. The molecule has 28 heavy (non-hydrogen) atoms. The lowest BCUT2D eigenvalue weighted by atomic mass is 9.89. The summed E-state index contributed by atoms with van der Waals surface area (Å²) in [5.41, 5.74) is 3.65. The van der Waals surface area contributed by atoms with Crippen LogP contribution in [-0.2, 0) is 14.4 Å². The predicted octanol–water partition coefficient (Wildman–Crippen LogP) is 1.98. The predicted molar refractivity (Wildman–Crippen MR) is 107 cm³/mol. The lowest BCUT2D eigenvalue weighted by Crippen LogP contribution is -2.41. The Labute approximate surface area is 166 Å². The molecule has 0 unspecified atom stereocenters. The van der Waals surface area contributed by atoms with Crippen molar-refractivity contribution in [2.24, 2.45) is 5.92 Å². The Bertz CT molecular complexity index is 673. The number of carboxylic acid groups (broad SMARTS) is 1. The van der Waals surface area contributed by atoms with Gasteiger partial charge < -0.3 is 20.6 Å². The van der Waals surface area contributed by atoms with Crippen molar-refractivity contribution in [3.05, 3.63) is 35.6 Å². The number of rotatable bonds is 8. The van der Waals surface area contributed by atoms with E-state index in [4.69, 9.17) is 5.11 Å². The Morgan fingerprint density at radius 3 is 2.68 bits per heavy atom. The third-order valence-electron chi connectivity index (χ3n) is 5.34. The van der Waals surface area contributed by atoms with Crippen LogP contribution in [-0.4, -0.2) is 54.0 Å². The van der Waals surface area contributed by atoms with E-state index in [1.54, 1.807) is 4.90 Å². The van der Waals surface area contributed by atoms with Crippen molar-refractivity contribution in [1.29, 1.82) is 0 Å². The number of nitrogens with zero attached hydrogens (tertiary/aromatic N) is 1. The second-order valence-corrected chi connectivity index (χ2v) is 7.41. The SMILES string of the molecule is C=C(/C=C\C1=C(C)NCCC1)C1CCN(C(=O)CC(=O)NCCC(=O)O)CC1. The van der Waals surface area contributed by atoms with Crippen LogP contribution in [0.1, 0.15) is 45.4 Å². The molecule has 1 saturated heterocycles. The average molecular weight is 389 g/mol. The molecule has 0 aromatic carbocycles. The van der Waals surface area contributed by atoms with E-state index < -0.39 is 11.9 Å². The van der Waals surface area contributed by atoms with Gasteiger partial charge in [0, 0.05) is 31.9 Å². The molecule has 2 heterocycles. The first-order valence-corrected chi connectivity index (χ1v) is 9.93. The molecule has 7 nitrogen and oxygen atoms in total. The molecule has 2 rings (SSSR count). The van der Waals surface area contributed by atoms with E-state index in [1.165, 1.54) is 11.3 Å². The van der Waals surface area contributed by atoms with Crippen molar-refractivity contribution >= 4 is 17.8 Å².